The Kier molecular flexibility index (Phi) is 4.42. The molecule has 0 bridgehead atoms. The number of amides is 1. The van der Waals surface area contributed by atoms with Gasteiger partial charge in [-0.3, -0.25) is 15.1 Å². The number of aromatic nitrogens is 2. The maximum atomic E-state index is 14.8. The second kappa shape index (κ2) is 6.79. The van der Waals surface area contributed by atoms with Crippen molar-refractivity contribution in [1.29, 1.82) is 5.41 Å². The van der Waals surface area contributed by atoms with Crippen molar-refractivity contribution in [3.63, 3.8) is 0 Å². The number of carbonyl (C=O) groups is 1. The number of fused-ring (bicyclic) bond motifs is 1. The maximum Gasteiger partial charge on any atom is 0.259 e. The van der Waals surface area contributed by atoms with Gasteiger partial charge in [0, 0.05) is 19.2 Å². The summed E-state index contributed by atoms with van der Waals surface area (Å²) in [4.78, 5) is 21.2. The Balaban J connectivity index is 1.77. The van der Waals surface area contributed by atoms with E-state index in [1.807, 2.05) is 0 Å². The largest absolute Gasteiger partial charge is 0.436 e. The van der Waals surface area contributed by atoms with Crippen LogP contribution in [0.1, 0.15) is 12.0 Å². The number of hydrogen-bond donors (Lipinski definition) is 2. The first kappa shape index (κ1) is 18.2. The number of nitrogens with zero attached hydrogens (tertiary/aromatic N) is 3. The molecule has 3 heterocycles. The second-order valence-electron chi connectivity index (χ2n) is 6.66. The van der Waals surface area contributed by atoms with Crippen molar-refractivity contribution in [2.45, 2.75) is 12.0 Å². The molecule has 1 aromatic heterocycles. The average molecular weight is 389 g/mol. The highest BCUT2D eigenvalue weighted by atomic mass is 19.1. The number of carbonyl (C=O) groups excluding carboxylic acids is 1. The van der Waals surface area contributed by atoms with E-state index in [-0.39, 0.29) is 35.7 Å². The van der Waals surface area contributed by atoms with Gasteiger partial charge in [0.15, 0.2) is 5.96 Å². The van der Waals surface area contributed by atoms with Crippen molar-refractivity contribution in [2.24, 2.45) is 5.92 Å². The number of halogens is 2. The van der Waals surface area contributed by atoms with Gasteiger partial charge in [-0.15, -0.1) is 0 Å². The first-order valence-electron chi connectivity index (χ1n) is 8.58. The molecule has 2 fully saturated rings. The molecule has 10 heteroatoms. The van der Waals surface area contributed by atoms with E-state index in [1.54, 1.807) is 0 Å². The molecule has 8 nitrogen and oxygen atoms in total. The number of rotatable bonds is 3. The molecule has 1 aromatic carbocycles. The zero-order valence-electron chi connectivity index (χ0n) is 14.9. The van der Waals surface area contributed by atoms with Crippen molar-refractivity contribution in [2.75, 3.05) is 20.3 Å². The highest BCUT2D eigenvalue weighted by molar-refractivity contribution is 6.00. The van der Waals surface area contributed by atoms with E-state index in [4.69, 9.17) is 14.9 Å². The third-order valence-electron chi connectivity index (χ3n) is 5.05. The Morgan fingerprint density at radius 3 is 3.00 bits per heavy atom. The highest BCUT2D eigenvalue weighted by Gasteiger charge is 2.53. The minimum atomic E-state index is -1.26. The predicted octanol–water partition coefficient (Wildman–Crippen LogP) is 1.78. The van der Waals surface area contributed by atoms with Crippen LogP contribution < -0.4 is 10.1 Å². The van der Waals surface area contributed by atoms with E-state index in [0.717, 1.165) is 18.6 Å². The molecule has 28 heavy (non-hydrogen) atoms. The quantitative estimate of drug-likeness (QED) is 0.830. The van der Waals surface area contributed by atoms with Crippen LogP contribution in [-0.4, -0.2) is 47.0 Å². The summed E-state index contributed by atoms with van der Waals surface area (Å²) in [6.45, 7) is 0.354. The topological polar surface area (TPSA) is 100 Å². The molecule has 0 aliphatic carbocycles. The Morgan fingerprint density at radius 2 is 2.21 bits per heavy atom. The normalized spacial score (nSPS) is 24.5. The molecule has 2 aliphatic heterocycles. The lowest BCUT2D eigenvalue weighted by Gasteiger charge is -2.49. The van der Waals surface area contributed by atoms with Crippen LogP contribution in [0, 0.1) is 23.0 Å². The van der Waals surface area contributed by atoms with Gasteiger partial charge >= 0.3 is 0 Å². The fourth-order valence-corrected chi connectivity index (χ4v) is 3.61. The van der Waals surface area contributed by atoms with Gasteiger partial charge in [0.25, 0.3) is 5.88 Å². The van der Waals surface area contributed by atoms with E-state index in [9.17, 15) is 13.6 Å². The first-order valence-corrected chi connectivity index (χ1v) is 8.58. The average Bonchev–Trinajstić information content (AvgIpc) is 2.69. The molecule has 1 unspecified atom stereocenters. The number of benzene rings is 1. The lowest BCUT2D eigenvalue weighted by atomic mass is 9.73. The third-order valence-corrected chi connectivity index (χ3v) is 5.05. The molecule has 2 saturated heterocycles. The summed E-state index contributed by atoms with van der Waals surface area (Å²) in [5.74, 6) is -2.60. The molecule has 0 saturated carbocycles. The van der Waals surface area contributed by atoms with Gasteiger partial charge in [-0.25, -0.2) is 9.37 Å². The maximum absolute atomic E-state index is 14.8. The summed E-state index contributed by atoms with van der Waals surface area (Å²) in [6, 6.07) is 3.87. The van der Waals surface area contributed by atoms with Crippen molar-refractivity contribution in [1.82, 2.24) is 20.2 Å². The number of nitrogens with one attached hydrogen (secondary N) is 2. The SMILES string of the molecule is CN1C(=N)N[C@@]2(c3cc(Oc4ncncc4F)ccc3F)COCCC2C1=O. The zero-order chi connectivity index (χ0) is 19.9. The van der Waals surface area contributed by atoms with Crippen LogP contribution in [-0.2, 0) is 15.1 Å². The molecule has 146 valence electrons. The van der Waals surface area contributed by atoms with Gasteiger partial charge < -0.3 is 14.8 Å². The van der Waals surface area contributed by atoms with Crippen LogP contribution in [0.5, 0.6) is 11.6 Å². The van der Waals surface area contributed by atoms with Gasteiger partial charge in [0.05, 0.1) is 18.7 Å². The van der Waals surface area contributed by atoms with Gasteiger partial charge in [0.1, 0.15) is 23.4 Å². The summed E-state index contributed by atoms with van der Waals surface area (Å²) in [5.41, 5.74) is -1.15. The third kappa shape index (κ3) is 2.85. The minimum absolute atomic E-state index is 0.00185. The molecule has 2 atom stereocenters. The molecule has 2 aromatic rings. The summed E-state index contributed by atoms with van der Waals surface area (Å²) in [5, 5.41) is 11.0. The number of ether oxygens (including phenoxy) is 2. The summed E-state index contributed by atoms with van der Waals surface area (Å²) >= 11 is 0. The van der Waals surface area contributed by atoms with Crippen molar-refractivity contribution in [3.05, 3.63) is 47.9 Å². The van der Waals surface area contributed by atoms with Gasteiger partial charge in [-0.05, 0) is 24.6 Å². The lowest BCUT2D eigenvalue weighted by Crippen LogP contribution is -2.68. The summed E-state index contributed by atoms with van der Waals surface area (Å²) < 4.78 is 39.6. The Hall–Kier alpha value is -3.14. The van der Waals surface area contributed by atoms with Crippen LogP contribution in [0.2, 0.25) is 0 Å². The molecule has 4 rings (SSSR count). The molecule has 2 aliphatic rings. The summed E-state index contributed by atoms with van der Waals surface area (Å²) in [7, 11) is 1.49. The number of guanidine groups is 1. The zero-order valence-corrected chi connectivity index (χ0v) is 14.9. The van der Waals surface area contributed by atoms with E-state index in [0.29, 0.717) is 13.0 Å². The predicted molar refractivity (Wildman–Crippen MR) is 92.7 cm³/mol. The van der Waals surface area contributed by atoms with E-state index in [1.165, 1.54) is 24.1 Å². The molecular weight excluding hydrogens is 372 g/mol. The molecule has 0 radical (unpaired) electrons. The van der Waals surface area contributed by atoms with Crippen LogP contribution in [0.15, 0.2) is 30.7 Å². The highest BCUT2D eigenvalue weighted by Crippen LogP contribution is 2.41. The Morgan fingerprint density at radius 1 is 1.39 bits per heavy atom. The fraction of sp³-hybridized carbons (Fsp3) is 0.333. The van der Waals surface area contributed by atoms with E-state index in [2.05, 4.69) is 15.3 Å². The van der Waals surface area contributed by atoms with Crippen LogP contribution in [0.3, 0.4) is 0 Å². The smallest absolute Gasteiger partial charge is 0.259 e. The molecule has 2 N–H and O–H groups in total. The molecule has 0 spiro atoms. The Bertz CT molecular complexity index is 957. The van der Waals surface area contributed by atoms with Crippen molar-refractivity contribution in [3.8, 4) is 11.6 Å². The van der Waals surface area contributed by atoms with Crippen molar-refractivity contribution >= 4 is 11.9 Å². The van der Waals surface area contributed by atoms with Crippen LogP contribution in [0.4, 0.5) is 8.78 Å². The van der Waals surface area contributed by atoms with Crippen LogP contribution >= 0.6 is 0 Å². The first-order chi connectivity index (χ1) is 13.4. The second-order valence-corrected chi connectivity index (χ2v) is 6.66. The number of hydrogen-bond acceptors (Lipinski definition) is 6. The molecular formula is C18H17F2N5O3. The van der Waals surface area contributed by atoms with Gasteiger partial charge in [-0.2, -0.15) is 9.37 Å². The lowest BCUT2D eigenvalue weighted by molar-refractivity contribution is -0.143. The van der Waals surface area contributed by atoms with E-state index >= 15 is 0 Å². The van der Waals surface area contributed by atoms with Crippen LogP contribution in [0.25, 0.3) is 0 Å². The molecule has 1 amide bonds. The van der Waals surface area contributed by atoms with Gasteiger partial charge in [0.2, 0.25) is 11.7 Å². The summed E-state index contributed by atoms with van der Waals surface area (Å²) in [6.07, 6.45) is 2.45. The Labute approximate surface area is 159 Å². The van der Waals surface area contributed by atoms with Gasteiger partial charge in [-0.1, -0.05) is 0 Å². The minimum Gasteiger partial charge on any atom is -0.436 e. The monoisotopic (exact) mass is 389 g/mol. The van der Waals surface area contributed by atoms with Crippen molar-refractivity contribution < 1.29 is 23.0 Å². The fourth-order valence-electron chi connectivity index (χ4n) is 3.61. The van der Waals surface area contributed by atoms with E-state index < -0.39 is 23.1 Å². The standard InChI is InChI=1S/C18H17F2N5O3/c1-25-16(26)11-4-5-27-8-18(11,24-17(25)21)12-6-10(2-3-13(12)19)28-15-14(20)7-22-9-23-15/h2-3,6-7,9,11H,4-5,8H2,1H3,(H2,21,24)/t11?,18-/m0/s1.